The molecule has 0 spiro atoms. The molecule has 0 bridgehead atoms. The summed E-state index contributed by atoms with van der Waals surface area (Å²) < 4.78 is 0. The molecule has 1 heteroatoms. The molecule has 16 heavy (non-hydrogen) atoms. The molecule has 0 saturated carbocycles. The molecule has 0 saturated heterocycles. The van der Waals surface area contributed by atoms with Crippen LogP contribution in [0.4, 0.5) is 0 Å². The highest BCUT2D eigenvalue weighted by Gasteiger charge is 2.33. The molecule has 0 heterocycles. The molecule has 0 aliphatic carbocycles. The maximum Gasteiger partial charge on any atom is 0.103 e. The van der Waals surface area contributed by atoms with Gasteiger partial charge in [0.1, 0.15) is 17.9 Å². The van der Waals surface area contributed by atoms with Crippen molar-refractivity contribution in [1.82, 2.24) is 0 Å². The first-order valence-corrected chi connectivity index (χ1v) is 7.69. The number of hydrogen-bond acceptors (Lipinski definition) is 0. The molecule has 0 N–H and O–H groups in total. The van der Waals surface area contributed by atoms with Crippen LogP contribution in [0.5, 0.6) is 0 Å². The molecule has 0 fully saturated rings. The zero-order valence-electron chi connectivity index (χ0n) is 9.51. The van der Waals surface area contributed by atoms with Gasteiger partial charge in [-0.1, -0.05) is 43.0 Å². The van der Waals surface area contributed by atoms with Crippen LogP contribution in [-0.2, 0) is 0 Å². The van der Waals surface area contributed by atoms with Gasteiger partial charge in [-0.3, -0.25) is 0 Å². The van der Waals surface area contributed by atoms with Crippen LogP contribution in [0.1, 0.15) is 0 Å². The Kier molecular flexibility index (Phi) is 3.22. The van der Waals surface area contributed by atoms with Gasteiger partial charge in [0.05, 0.1) is 12.5 Å². The first kappa shape index (κ1) is 11.1. The first-order valence-electron chi connectivity index (χ1n) is 5.38. The molecular formula is C15H16P+. The highest BCUT2D eigenvalue weighted by molar-refractivity contribution is 7.91. The fourth-order valence-electron chi connectivity index (χ4n) is 1.84. The van der Waals surface area contributed by atoms with E-state index in [-0.39, 0.29) is 0 Å². The van der Waals surface area contributed by atoms with E-state index in [0.29, 0.717) is 0 Å². The monoisotopic (exact) mass is 227 g/mol. The minimum absolute atomic E-state index is 1.39. The van der Waals surface area contributed by atoms with Crippen LogP contribution in [0.3, 0.4) is 0 Å². The molecular weight excluding hydrogens is 211 g/mol. The summed E-state index contributed by atoms with van der Waals surface area (Å²) in [5.41, 5.74) is 0. The third-order valence-corrected chi connectivity index (χ3v) is 6.42. The summed E-state index contributed by atoms with van der Waals surface area (Å²) in [4.78, 5) is 0. The Hall–Kier alpha value is -1.39. The van der Waals surface area contributed by atoms with E-state index in [1.807, 2.05) is 0 Å². The molecule has 0 radical (unpaired) electrons. The Morgan fingerprint density at radius 2 is 1.19 bits per heavy atom. The molecule has 0 aliphatic heterocycles. The van der Waals surface area contributed by atoms with Crippen LogP contribution < -0.4 is 10.6 Å². The van der Waals surface area contributed by atoms with E-state index in [2.05, 4.69) is 79.7 Å². The lowest BCUT2D eigenvalue weighted by molar-refractivity contribution is 1.74. The van der Waals surface area contributed by atoms with Gasteiger partial charge in [0.15, 0.2) is 0 Å². The van der Waals surface area contributed by atoms with E-state index in [4.69, 9.17) is 0 Å². The molecule has 0 unspecified atom stereocenters. The lowest BCUT2D eigenvalue weighted by atomic mass is 10.4. The minimum atomic E-state index is -1.39. The van der Waals surface area contributed by atoms with Crippen LogP contribution >= 0.6 is 7.26 Å². The van der Waals surface area contributed by atoms with E-state index >= 15 is 0 Å². The number of benzene rings is 2. The van der Waals surface area contributed by atoms with Gasteiger partial charge >= 0.3 is 0 Å². The van der Waals surface area contributed by atoms with Crippen molar-refractivity contribution in [2.45, 2.75) is 0 Å². The average Bonchev–Trinajstić information content (AvgIpc) is 2.40. The molecule has 2 rings (SSSR count). The number of hydrogen-bond donors (Lipinski definition) is 0. The molecule has 0 nitrogen and oxygen atoms in total. The van der Waals surface area contributed by atoms with Gasteiger partial charge in [-0.05, 0) is 24.3 Å². The van der Waals surface area contributed by atoms with Crippen molar-refractivity contribution in [2.75, 3.05) is 6.66 Å². The molecule has 2 aromatic carbocycles. The Morgan fingerprint density at radius 3 is 1.50 bits per heavy atom. The molecule has 2 aromatic rings. The summed E-state index contributed by atoms with van der Waals surface area (Å²) >= 11 is 0. The molecule has 0 amide bonds. The SMILES string of the molecule is C=C[P+](C)(c1ccccc1)c1ccccc1. The Morgan fingerprint density at radius 1 is 0.812 bits per heavy atom. The highest BCUT2D eigenvalue weighted by atomic mass is 31.2. The van der Waals surface area contributed by atoms with Crippen LogP contribution in [0.2, 0.25) is 0 Å². The average molecular weight is 227 g/mol. The Bertz CT molecular complexity index is 420. The van der Waals surface area contributed by atoms with Crippen molar-refractivity contribution >= 4 is 17.9 Å². The third kappa shape index (κ3) is 1.94. The van der Waals surface area contributed by atoms with Crippen LogP contribution in [0.25, 0.3) is 0 Å². The van der Waals surface area contributed by atoms with E-state index in [1.54, 1.807) is 0 Å². The van der Waals surface area contributed by atoms with Crippen molar-refractivity contribution in [3.05, 3.63) is 73.1 Å². The van der Waals surface area contributed by atoms with Crippen molar-refractivity contribution in [1.29, 1.82) is 0 Å². The van der Waals surface area contributed by atoms with Crippen molar-refractivity contribution in [3.63, 3.8) is 0 Å². The quantitative estimate of drug-likeness (QED) is 0.705. The van der Waals surface area contributed by atoms with E-state index < -0.39 is 7.26 Å². The second kappa shape index (κ2) is 4.63. The highest BCUT2D eigenvalue weighted by Crippen LogP contribution is 2.53. The van der Waals surface area contributed by atoms with Gasteiger partial charge in [0.2, 0.25) is 0 Å². The molecule has 80 valence electrons. The van der Waals surface area contributed by atoms with Gasteiger partial charge in [0.25, 0.3) is 0 Å². The van der Waals surface area contributed by atoms with Crippen molar-refractivity contribution in [2.24, 2.45) is 0 Å². The predicted octanol–water partition coefficient (Wildman–Crippen LogP) is 3.43. The summed E-state index contributed by atoms with van der Waals surface area (Å²) in [7, 11) is -1.39. The largest absolute Gasteiger partial charge is 0.103 e. The van der Waals surface area contributed by atoms with Crippen molar-refractivity contribution < 1.29 is 0 Å². The second-order valence-electron chi connectivity index (χ2n) is 3.93. The Labute approximate surface area is 98.0 Å². The van der Waals surface area contributed by atoms with Crippen molar-refractivity contribution in [3.8, 4) is 0 Å². The normalized spacial score (nSPS) is 11.1. The summed E-state index contributed by atoms with van der Waals surface area (Å²) in [6.07, 6.45) is 0. The standard InChI is InChI=1S/C15H16P/c1-3-16(2,14-10-6-4-7-11-14)15-12-8-5-9-13-15/h3-13H,1H2,2H3/q+1. The van der Waals surface area contributed by atoms with E-state index in [1.165, 1.54) is 10.6 Å². The summed E-state index contributed by atoms with van der Waals surface area (Å²) in [5, 5.41) is 2.77. The lowest BCUT2D eigenvalue weighted by Crippen LogP contribution is -2.18. The van der Waals surface area contributed by atoms with Crippen LogP contribution in [0, 0.1) is 0 Å². The van der Waals surface area contributed by atoms with Gasteiger partial charge in [-0.25, -0.2) is 0 Å². The predicted molar refractivity (Wildman–Crippen MR) is 75.2 cm³/mol. The zero-order valence-corrected chi connectivity index (χ0v) is 10.4. The topological polar surface area (TPSA) is 0 Å². The maximum atomic E-state index is 4.03. The minimum Gasteiger partial charge on any atom is -0.0632 e. The van der Waals surface area contributed by atoms with Gasteiger partial charge in [-0.15, -0.1) is 0 Å². The zero-order chi connectivity index (χ0) is 11.4. The maximum absolute atomic E-state index is 4.03. The molecule has 0 aromatic heterocycles. The van der Waals surface area contributed by atoms with Crippen LogP contribution in [0.15, 0.2) is 73.1 Å². The third-order valence-electron chi connectivity index (χ3n) is 2.95. The van der Waals surface area contributed by atoms with E-state index in [0.717, 1.165) is 0 Å². The van der Waals surface area contributed by atoms with Gasteiger partial charge < -0.3 is 0 Å². The fraction of sp³-hybridized carbons (Fsp3) is 0.0667. The van der Waals surface area contributed by atoms with Gasteiger partial charge in [-0.2, -0.15) is 0 Å². The lowest BCUT2D eigenvalue weighted by Gasteiger charge is -2.18. The van der Waals surface area contributed by atoms with E-state index in [9.17, 15) is 0 Å². The molecule has 0 aliphatic rings. The first-order chi connectivity index (χ1) is 7.77. The summed E-state index contributed by atoms with van der Waals surface area (Å²) in [5.74, 6) is 2.12. The van der Waals surface area contributed by atoms with Crippen LogP contribution in [-0.4, -0.2) is 6.66 Å². The smallest absolute Gasteiger partial charge is 0.0632 e. The number of rotatable bonds is 3. The molecule has 0 atom stereocenters. The summed E-state index contributed by atoms with van der Waals surface area (Å²) in [6.45, 7) is 6.35. The summed E-state index contributed by atoms with van der Waals surface area (Å²) in [6, 6.07) is 21.3. The Balaban J connectivity index is 2.53. The van der Waals surface area contributed by atoms with Gasteiger partial charge in [0, 0.05) is 0 Å². The second-order valence-corrected chi connectivity index (χ2v) is 7.48. The fourth-order valence-corrected chi connectivity index (χ4v) is 4.14.